The quantitative estimate of drug-likeness (QED) is 0.752. The largest absolute Gasteiger partial charge is 0.394 e. The molecule has 1 unspecified atom stereocenters. The highest BCUT2D eigenvalue weighted by Crippen LogP contribution is 2.17. The number of para-hydroxylation sites is 1. The molecule has 0 saturated heterocycles. The lowest BCUT2D eigenvalue weighted by molar-refractivity contribution is -0.115. The van der Waals surface area contributed by atoms with Crippen molar-refractivity contribution in [1.82, 2.24) is 5.32 Å². The minimum atomic E-state index is -0.274. The Bertz CT molecular complexity index is 590. The second-order valence-electron chi connectivity index (χ2n) is 4.59. The third-order valence-corrected chi connectivity index (χ3v) is 3.49. The fourth-order valence-electron chi connectivity index (χ4n) is 1.95. The van der Waals surface area contributed by atoms with Crippen LogP contribution < -0.4 is 10.6 Å². The van der Waals surface area contributed by atoms with Crippen molar-refractivity contribution in [2.24, 2.45) is 0 Å². The van der Waals surface area contributed by atoms with Crippen LogP contribution in [0.1, 0.15) is 11.6 Å². The van der Waals surface area contributed by atoms with Gasteiger partial charge in [-0.1, -0.05) is 46.3 Å². The predicted molar refractivity (Wildman–Crippen MR) is 87.0 cm³/mol. The lowest BCUT2D eigenvalue weighted by Crippen LogP contribution is -2.32. The summed E-state index contributed by atoms with van der Waals surface area (Å²) in [7, 11) is 0. The van der Waals surface area contributed by atoms with Crippen LogP contribution in [0, 0.1) is 0 Å². The molecular formula is C16H17BrN2O2. The van der Waals surface area contributed by atoms with Gasteiger partial charge >= 0.3 is 0 Å². The number of hydrogen-bond donors (Lipinski definition) is 3. The van der Waals surface area contributed by atoms with E-state index in [1.165, 1.54) is 0 Å². The zero-order chi connectivity index (χ0) is 15.1. The minimum absolute atomic E-state index is 0.0743. The summed E-state index contributed by atoms with van der Waals surface area (Å²) in [4.78, 5) is 11.9. The first-order valence-corrected chi connectivity index (χ1v) is 7.43. The molecule has 2 aromatic rings. The molecular weight excluding hydrogens is 332 g/mol. The molecule has 2 rings (SSSR count). The van der Waals surface area contributed by atoms with E-state index >= 15 is 0 Å². The number of amides is 1. The first-order chi connectivity index (χ1) is 10.2. The van der Waals surface area contributed by atoms with Crippen molar-refractivity contribution in [2.75, 3.05) is 18.5 Å². The molecule has 110 valence electrons. The average Bonchev–Trinajstić information content (AvgIpc) is 2.49. The van der Waals surface area contributed by atoms with E-state index < -0.39 is 0 Å². The number of carbonyl (C=O) groups excluding carboxylic acids is 1. The Kier molecular flexibility index (Phi) is 5.92. The van der Waals surface area contributed by atoms with E-state index in [0.717, 1.165) is 15.7 Å². The molecule has 1 amide bonds. The van der Waals surface area contributed by atoms with Crippen LogP contribution in [0.3, 0.4) is 0 Å². The number of aliphatic hydroxyl groups is 1. The van der Waals surface area contributed by atoms with Crippen LogP contribution in [0.25, 0.3) is 0 Å². The van der Waals surface area contributed by atoms with Crippen LogP contribution in [-0.4, -0.2) is 24.2 Å². The summed E-state index contributed by atoms with van der Waals surface area (Å²) in [6.45, 7) is 0.0572. The van der Waals surface area contributed by atoms with Gasteiger partial charge in [0.25, 0.3) is 0 Å². The van der Waals surface area contributed by atoms with Gasteiger partial charge in [0.05, 0.1) is 19.2 Å². The van der Waals surface area contributed by atoms with Crippen LogP contribution in [-0.2, 0) is 4.79 Å². The SMILES string of the molecule is O=C(CNC(CO)c1cccc(Br)c1)Nc1ccccc1. The van der Waals surface area contributed by atoms with Gasteiger partial charge < -0.3 is 10.4 Å². The Hall–Kier alpha value is -1.69. The molecule has 2 aromatic carbocycles. The molecule has 0 aliphatic carbocycles. The lowest BCUT2D eigenvalue weighted by atomic mass is 10.1. The second kappa shape index (κ2) is 7.93. The zero-order valence-electron chi connectivity index (χ0n) is 11.4. The van der Waals surface area contributed by atoms with Crippen LogP contribution in [0.4, 0.5) is 5.69 Å². The van der Waals surface area contributed by atoms with E-state index in [9.17, 15) is 9.90 Å². The van der Waals surface area contributed by atoms with Crippen molar-refractivity contribution in [1.29, 1.82) is 0 Å². The molecule has 0 spiro atoms. The van der Waals surface area contributed by atoms with Crippen molar-refractivity contribution in [2.45, 2.75) is 6.04 Å². The van der Waals surface area contributed by atoms with Crippen LogP contribution in [0.2, 0.25) is 0 Å². The number of halogens is 1. The minimum Gasteiger partial charge on any atom is -0.394 e. The Labute approximate surface area is 132 Å². The Morgan fingerprint density at radius 2 is 1.90 bits per heavy atom. The maximum Gasteiger partial charge on any atom is 0.238 e. The maximum absolute atomic E-state index is 11.9. The van der Waals surface area contributed by atoms with Crippen molar-refractivity contribution >= 4 is 27.5 Å². The van der Waals surface area contributed by atoms with Gasteiger partial charge in [-0.3, -0.25) is 10.1 Å². The Morgan fingerprint density at radius 3 is 2.57 bits per heavy atom. The summed E-state index contributed by atoms with van der Waals surface area (Å²) in [6.07, 6.45) is 0. The van der Waals surface area contributed by atoms with Gasteiger partial charge in [0, 0.05) is 10.2 Å². The van der Waals surface area contributed by atoms with E-state index in [-0.39, 0.29) is 25.1 Å². The molecule has 0 aliphatic rings. The first-order valence-electron chi connectivity index (χ1n) is 6.63. The van der Waals surface area contributed by atoms with Gasteiger partial charge in [-0.25, -0.2) is 0 Å². The number of hydrogen-bond acceptors (Lipinski definition) is 3. The third-order valence-electron chi connectivity index (χ3n) is 3.00. The first kappa shape index (κ1) is 15.7. The third kappa shape index (κ3) is 4.97. The highest BCUT2D eigenvalue weighted by Gasteiger charge is 2.12. The fraction of sp³-hybridized carbons (Fsp3) is 0.188. The number of rotatable bonds is 6. The normalized spacial score (nSPS) is 11.9. The lowest BCUT2D eigenvalue weighted by Gasteiger charge is -2.16. The van der Waals surface area contributed by atoms with Crippen molar-refractivity contribution in [3.05, 3.63) is 64.6 Å². The number of benzene rings is 2. The zero-order valence-corrected chi connectivity index (χ0v) is 13.0. The summed E-state index contributed by atoms with van der Waals surface area (Å²) in [5, 5.41) is 15.3. The molecule has 0 aromatic heterocycles. The summed E-state index contributed by atoms with van der Waals surface area (Å²) in [5.74, 6) is -0.144. The number of anilines is 1. The molecule has 3 N–H and O–H groups in total. The molecule has 0 heterocycles. The Morgan fingerprint density at radius 1 is 1.14 bits per heavy atom. The van der Waals surface area contributed by atoms with E-state index in [0.29, 0.717) is 0 Å². The summed E-state index contributed by atoms with van der Waals surface area (Å²) >= 11 is 3.40. The fourth-order valence-corrected chi connectivity index (χ4v) is 2.37. The van der Waals surface area contributed by atoms with E-state index in [4.69, 9.17) is 0 Å². The van der Waals surface area contributed by atoms with Gasteiger partial charge in [-0.2, -0.15) is 0 Å². The van der Waals surface area contributed by atoms with E-state index in [2.05, 4.69) is 26.6 Å². The van der Waals surface area contributed by atoms with Crippen molar-refractivity contribution in [3.8, 4) is 0 Å². The van der Waals surface area contributed by atoms with Crippen LogP contribution in [0.5, 0.6) is 0 Å². The van der Waals surface area contributed by atoms with Gasteiger partial charge in [-0.05, 0) is 29.8 Å². The Balaban J connectivity index is 1.90. The maximum atomic E-state index is 11.9. The highest BCUT2D eigenvalue weighted by molar-refractivity contribution is 9.10. The summed E-state index contributed by atoms with van der Waals surface area (Å²) < 4.78 is 0.939. The second-order valence-corrected chi connectivity index (χ2v) is 5.50. The standard InChI is InChI=1S/C16H17BrN2O2/c17-13-6-4-5-12(9-13)15(11-20)18-10-16(21)19-14-7-2-1-3-8-14/h1-9,15,18,20H,10-11H2,(H,19,21). The number of aliphatic hydroxyl groups excluding tert-OH is 1. The van der Waals surface area contributed by atoms with Crippen molar-refractivity contribution < 1.29 is 9.90 Å². The molecule has 0 aliphatic heterocycles. The average molecular weight is 349 g/mol. The highest BCUT2D eigenvalue weighted by atomic mass is 79.9. The molecule has 0 saturated carbocycles. The van der Waals surface area contributed by atoms with Crippen LogP contribution in [0.15, 0.2) is 59.1 Å². The van der Waals surface area contributed by atoms with Gasteiger partial charge in [0.1, 0.15) is 0 Å². The molecule has 0 fully saturated rings. The van der Waals surface area contributed by atoms with E-state index in [1.807, 2.05) is 54.6 Å². The molecule has 4 nitrogen and oxygen atoms in total. The van der Waals surface area contributed by atoms with Gasteiger partial charge in [0.2, 0.25) is 5.91 Å². The smallest absolute Gasteiger partial charge is 0.238 e. The van der Waals surface area contributed by atoms with Crippen LogP contribution >= 0.6 is 15.9 Å². The summed E-state index contributed by atoms with van der Waals surface area (Å²) in [5.41, 5.74) is 1.69. The predicted octanol–water partition coefficient (Wildman–Crippen LogP) is 2.71. The van der Waals surface area contributed by atoms with Gasteiger partial charge in [0.15, 0.2) is 0 Å². The number of nitrogens with one attached hydrogen (secondary N) is 2. The summed E-state index contributed by atoms with van der Waals surface area (Å²) in [6, 6.07) is 16.6. The number of carbonyl (C=O) groups is 1. The molecule has 0 radical (unpaired) electrons. The molecule has 5 heteroatoms. The molecule has 1 atom stereocenters. The monoisotopic (exact) mass is 348 g/mol. The van der Waals surface area contributed by atoms with Crippen molar-refractivity contribution in [3.63, 3.8) is 0 Å². The molecule has 0 bridgehead atoms. The van der Waals surface area contributed by atoms with E-state index in [1.54, 1.807) is 0 Å². The van der Waals surface area contributed by atoms with Gasteiger partial charge in [-0.15, -0.1) is 0 Å². The molecule has 21 heavy (non-hydrogen) atoms. The topological polar surface area (TPSA) is 61.4 Å².